The Labute approximate surface area is 134 Å². The number of ether oxygens (including phenoxy) is 2. The van der Waals surface area contributed by atoms with Crippen molar-refractivity contribution in [3.05, 3.63) is 24.3 Å². The normalized spacial score (nSPS) is 9.43. The summed E-state index contributed by atoms with van der Waals surface area (Å²) in [5.41, 5.74) is 6.81. The first-order valence-electron chi connectivity index (χ1n) is 7.02. The molecule has 1 aromatic carbocycles. The quantitative estimate of drug-likeness (QED) is 0.554. The maximum Gasteiger partial charge on any atom is 0.508 e. The summed E-state index contributed by atoms with van der Waals surface area (Å²) in [5, 5.41) is 8.77. The minimum atomic E-state index is -0.744. The molecule has 23 heavy (non-hydrogen) atoms. The molecule has 0 atom stereocenters. The smallest absolute Gasteiger partial charge is 0.438 e. The Bertz CT molecular complexity index is 571. The molecule has 0 spiro atoms. The maximum atomic E-state index is 11.0. The molecule has 124 valence electrons. The number of rotatable bonds is 8. The van der Waals surface area contributed by atoms with Crippen LogP contribution in [-0.4, -0.2) is 38.9 Å². The number of hydrazine groups is 1. The third-order valence-electron chi connectivity index (χ3n) is 2.84. The molecular weight excluding hydrogens is 300 g/mol. The summed E-state index contributed by atoms with van der Waals surface area (Å²) in [6, 6.07) is 9.40. The molecular formula is C15H20N4O4. The first-order chi connectivity index (χ1) is 11.1. The van der Waals surface area contributed by atoms with Crippen LogP contribution in [0.1, 0.15) is 13.3 Å². The number of carbonyl (C=O) groups excluding carboxylic acids is 2. The third kappa shape index (κ3) is 7.04. The van der Waals surface area contributed by atoms with Gasteiger partial charge >= 0.3 is 6.16 Å². The fourth-order valence-electron chi connectivity index (χ4n) is 1.79. The van der Waals surface area contributed by atoms with Gasteiger partial charge in [-0.1, -0.05) is 6.07 Å². The van der Waals surface area contributed by atoms with E-state index in [1.165, 1.54) is 14.0 Å². The number of hydrogen-bond donors (Lipinski definition) is 2. The summed E-state index contributed by atoms with van der Waals surface area (Å²) in [6.45, 7) is 2.45. The zero-order valence-electron chi connectivity index (χ0n) is 13.2. The van der Waals surface area contributed by atoms with Gasteiger partial charge in [0.25, 0.3) is 0 Å². The molecule has 0 aromatic heterocycles. The van der Waals surface area contributed by atoms with Gasteiger partial charge in [0.05, 0.1) is 31.8 Å². The molecule has 1 amide bonds. The zero-order valence-corrected chi connectivity index (χ0v) is 13.2. The summed E-state index contributed by atoms with van der Waals surface area (Å²) < 4.78 is 9.28. The second-order valence-corrected chi connectivity index (χ2v) is 4.55. The van der Waals surface area contributed by atoms with Crippen LogP contribution in [0, 0.1) is 11.3 Å². The lowest BCUT2D eigenvalue weighted by molar-refractivity contribution is -0.118. The molecule has 0 bridgehead atoms. The number of amides is 1. The molecule has 0 saturated heterocycles. The van der Waals surface area contributed by atoms with Gasteiger partial charge in [-0.15, -0.1) is 0 Å². The highest BCUT2D eigenvalue weighted by molar-refractivity contribution is 5.74. The summed E-state index contributed by atoms with van der Waals surface area (Å²) in [6.07, 6.45) is -0.409. The molecule has 2 N–H and O–H groups in total. The predicted molar refractivity (Wildman–Crippen MR) is 84.7 cm³/mol. The van der Waals surface area contributed by atoms with E-state index in [4.69, 9.17) is 10.00 Å². The van der Waals surface area contributed by atoms with E-state index in [9.17, 15) is 9.59 Å². The van der Waals surface area contributed by atoms with Crippen molar-refractivity contribution in [2.24, 2.45) is 0 Å². The monoisotopic (exact) mass is 320 g/mol. The molecule has 0 heterocycles. The first-order valence-corrected chi connectivity index (χ1v) is 7.02. The van der Waals surface area contributed by atoms with Crippen molar-refractivity contribution in [2.45, 2.75) is 13.3 Å². The molecule has 0 aliphatic rings. The van der Waals surface area contributed by atoms with Crippen LogP contribution in [0.4, 0.5) is 16.2 Å². The molecule has 0 fully saturated rings. The molecule has 8 nitrogen and oxygen atoms in total. The molecule has 0 aliphatic heterocycles. The number of nitrogens with zero attached hydrogens (tertiary/aromatic N) is 2. The predicted octanol–water partition coefficient (Wildman–Crippen LogP) is 1.65. The SMILES string of the molecule is COC(=O)OCCN(CCC#N)c1cccc(NNC(C)=O)c1. The van der Waals surface area contributed by atoms with Gasteiger partial charge < -0.3 is 14.4 Å². The Balaban J connectivity index is 2.72. The van der Waals surface area contributed by atoms with Gasteiger partial charge in [-0.25, -0.2) is 4.79 Å². The lowest BCUT2D eigenvalue weighted by Crippen LogP contribution is -2.30. The topological polar surface area (TPSA) is 104 Å². The Hall–Kier alpha value is -2.95. The highest BCUT2D eigenvalue weighted by Crippen LogP contribution is 2.19. The lowest BCUT2D eigenvalue weighted by atomic mass is 10.2. The maximum absolute atomic E-state index is 11.0. The number of nitriles is 1. The highest BCUT2D eigenvalue weighted by Gasteiger charge is 2.09. The largest absolute Gasteiger partial charge is 0.508 e. The van der Waals surface area contributed by atoms with Crippen LogP contribution in [0.3, 0.4) is 0 Å². The Kier molecular flexibility index (Phi) is 7.78. The number of hydrogen-bond acceptors (Lipinski definition) is 7. The van der Waals surface area contributed by atoms with Gasteiger partial charge in [0.2, 0.25) is 5.91 Å². The third-order valence-corrected chi connectivity index (χ3v) is 2.84. The first kappa shape index (κ1) is 18.1. The average Bonchev–Trinajstić information content (AvgIpc) is 2.56. The van der Waals surface area contributed by atoms with E-state index in [1.54, 1.807) is 6.07 Å². The molecule has 8 heteroatoms. The Morgan fingerprint density at radius 2 is 2.13 bits per heavy atom. The van der Waals surface area contributed by atoms with Gasteiger partial charge in [-0.3, -0.25) is 15.6 Å². The van der Waals surface area contributed by atoms with Crippen molar-refractivity contribution in [2.75, 3.05) is 37.1 Å². The van der Waals surface area contributed by atoms with Crippen LogP contribution in [0.5, 0.6) is 0 Å². The van der Waals surface area contributed by atoms with Crippen molar-refractivity contribution in [3.8, 4) is 6.07 Å². The van der Waals surface area contributed by atoms with Crippen LogP contribution < -0.4 is 15.8 Å². The van der Waals surface area contributed by atoms with Crippen LogP contribution in [0.15, 0.2) is 24.3 Å². The zero-order chi connectivity index (χ0) is 17.1. The van der Waals surface area contributed by atoms with E-state index in [0.717, 1.165) is 5.69 Å². The van der Waals surface area contributed by atoms with Gasteiger partial charge in [-0.2, -0.15) is 5.26 Å². The highest BCUT2D eigenvalue weighted by atomic mass is 16.7. The van der Waals surface area contributed by atoms with E-state index in [0.29, 0.717) is 25.2 Å². The molecule has 1 rings (SSSR count). The van der Waals surface area contributed by atoms with E-state index in [-0.39, 0.29) is 12.5 Å². The minimum Gasteiger partial charge on any atom is -0.438 e. The van der Waals surface area contributed by atoms with E-state index in [2.05, 4.69) is 21.7 Å². The van der Waals surface area contributed by atoms with Crippen LogP contribution >= 0.6 is 0 Å². The standard InChI is InChI=1S/C15H20N4O4/c1-12(20)17-18-13-5-3-6-14(11-13)19(8-4-7-16)9-10-23-15(21)22-2/h3,5-6,11,18H,4,8-10H2,1-2H3,(H,17,20). The number of methoxy groups -OCH3 is 1. The van der Waals surface area contributed by atoms with Crippen LogP contribution in [0.2, 0.25) is 0 Å². The van der Waals surface area contributed by atoms with Gasteiger partial charge in [0, 0.05) is 19.2 Å². The second-order valence-electron chi connectivity index (χ2n) is 4.55. The minimum absolute atomic E-state index is 0.140. The molecule has 0 aliphatic carbocycles. The second kappa shape index (κ2) is 9.89. The van der Waals surface area contributed by atoms with E-state index >= 15 is 0 Å². The van der Waals surface area contributed by atoms with Crippen molar-refractivity contribution >= 4 is 23.4 Å². The molecule has 0 radical (unpaired) electrons. The molecule has 0 unspecified atom stereocenters. The Morgan fingerprint density at radius 3 is 2.78 bits per heavy atom. The van der Waals surface area contributed by atoms with Gasteiger partial charge in [-0.05, 0) is 18.2 Å². The van der Waals surface area contributed by atoms with Crippen molar-refractivity contribution < 1.29 is 19.1 Å². The fraction of sp³-hybridized carbons (Fsp3) is 0.400. The number of anilines is 2. The van der Waals surface area contributed by atoms with Gasteiger partial charge in [0.15, 0.2) is 0 Å². The lowest BCUT2D eigenvalue weighted by Gasteiger charge is -2.24. The summed E-state index contributed by atoms with van der Waals surface area (Å²) in [7, 11) is 1.24. The van der Waals surface area contributed by atoms with E-state index < -0.39 is 6.16 Å². The Morgan fingerprint density at radius 1 is 1.35 bits per heavy atom. The van der Waals surface area contributed by atoms with Gasteiger partial charge in [0.1, 0.15) is 6.61 Å². The number of carbonyl (C=O) groups is 2. The van der Waals surface area contributed by atoms with Crippen LogP contribution in [0.25, 0.3) is 0 Å². The van der Waals surface area contributed by atoms with Crippen LogP contribution in [-0.2, 0) is 14.3 Å². The van der Waals surface area contributed by atoms with E-state index in [1.807, 2.05) is 23.1 Å². The average molecular weight is 320 g/mol. The van der Waals surface area contributed by atoms with Crippen molar-refractivity contribution in [1.82, 2.24) is 5.43 Å². The summed E-state index contributed by atoms with van der Waals surface area (Å²) in [4.78, 5) is 23.8. The fourth-order valence-corrected chi connectivity index (χ4v) is 1.79. The number of benzene rings is 1. The number of nitrogens with one attached hydrogen (secondary N) is 2. The summed E-state index contributed by atoms with van der Waals surface area (Å²) >= 11 is 0. The molecule has 1 aromatic rings. The summed E-state index contributed by atoms with van der Waals surface area (Å²) in [5.74, 6) is -0.205. The van der Waals surface area contributed by atoms with Crippen molar-refractivity contribution in [1.29, 1.82) is 5.26 Å². The molecule has 0 saturated carbocycles. The van der Waals surface area contributed by atoms with Crippen molar-refractivity contribution in [3.63, 3.8) is 0 Å².